The van der Waals surface area contributed by atoms with Crippen molar-refractivity contribution in [1.29, 1.82) is 0 Å². The van der Waals surface area contributed by atoms with Crippen molar-refractivity contribution >= 4 is 5.91 Å². The van der Waals surface area contributed by atoms with Crippen molar-refractivity contribution in [2.75, 3.05) is 26.7 Å². The minimum Gasteiger partial charge on any atom is -0.468 e. The molecule has 25 heavy (non-hydrogen) atoms. The van der Waals surface area contributed by atoms with Crippen LogP contribution in [0.3, 0.4) is 0 Å². The molecule has 3 atom stereocenters. The molecule has 2 aromatic heterocycles. The van der Waals surface area contributed by atoms with E-state index in [4.69, 9.17) is 9.15 Å². The maximum absolute atomic E-state index is 13.0. The molecular formula is C19H23N3O3. The molecule has 132 valence electrons. The first-order chi connectivity index (χ1) is 12.3. The lowest BCUT2D eigenvalue weighted by atomic mass is 9.88. The zero-order chi connectivity index (χ0) is 17.2. The van der Waals surface area contributed by atoms with Crippen LogP contribution in [-0.4, -0.2) is 59.6 Å². The Bertz CT molecular complexity index is 704. The Hall–Kier alpha value is -2.18. The van der Waals surface area contributed by atoms with E-state index in [1.54, 1.807) is 25.8 Å². The largest absolute Gasteiger partial charge is 0.468 e. The van der Waals surface area contributed by atoms with Crippen LogP contribution in [0, 0.1) is 5.92 Å². The molecular weight excluding hydrogens is 318 g/mol. The highest BCUT2D eigenvalue weighted by atomic mass is 16.5. The van der Waals surface area contributed by atoms with Gasteiger partial charge in [0.2, 0.25) is 0 Å². The third-order valence-electron chi connectivity index (χ3n) is 5.37. The van der Waals surface area contributed by atoms with Crippen molar-refractivity contribution in [2.45, 2.75) is 25.1 Å². The number of methoxy groups -OCH3 is 1. The second-order valence-electron chi connectivity index (χ2n) is 6.81. The Balaban J connectivity index is 1.53. The Morgan fingerprint density at radius 2 is 2.28 bits per heavy atom. The summed E-state index contributed by atoms with van der Waals surface area (Å²) >= 11 is 0. The van der Waals surface area contributed by atoms with Crippen molar-refractivity contribution in [3.05, 3.63) is 54.2 Å². The molecule has 2 aliphatic rings. The van der Waals surface area contributed by atoms with Crippen LogP contribution < -0.4 is 0 Å². The van der Waals surface area contributed by atoms with Crippen LogP contribution in [0.5, 0.6) is 0 Å². The predicted molar refractivity (Wildman–Crippen MR) is 92.0 cm³/mol. The fourth-order valence-electron chi connectivity index (χ4n) is 4.19. The van der Waals surface area contributed by atoms with Gasteiger partial charge in [-0.15, -0.1) is 0 Å². The summed E-state index contributed by atoms with van der Waals surface area (Å²) in [6, 6.07) is 7.72. The number of aromatic nitrogens is 1. The number of hydrogen-bond donors (Lipinski definition) is 0. The molecule has 0 unspecified atom stereocenters. The van der Waals surface area contributed by atoms with Crippen LogP contribution in [0.1, 0.15) is 22.5 Å². The number of carbonyl (C=O) groups is 1. The van der Waals surface area contributed by atoms with Gasteiger partial charge in [0.15, 0.2) is 0 Å². The van der Waals surface area contributed by atoms with Crippen molar-refractivity contribution in [3.8, 4) is 0 Å². The van der Waals surface area contributed by atoms with Gasteiger partial charge in [-0.3, -0.25) is 14.7 Å². The number of rotatable bonds is 4. The first-order valence-corrected chi connectivity index (χ1v) is 8.75. The number of nitrogens with zero attached hydrogens (tertiary/aromatic N) is 3. The van der Waals surface area contributed by atoms with E-state index in [0.717, 1.165) is 38.4 Å². The van der Waals surface area contributed by atoms with E-state index in [0.29, 0.717) is 11.5 Å². The van der Waals surface area contributed by atoms with Gasteiger partial charge >= 0.3 is 0 Å². The minimum atomic E-state index is 0.0671. The van der Waals surface area contributed by atoms with Gasteiger partial charge in [-0.1, -0.05) is 0 Å². The monoisotopic (exact) mass is 341 g/mol. The third kappa shape index (κ3) is 3.19. The van der Waals surface area contributed by atoms with E-state index in [1.807, 2.05) is 29.2 Å². The molecule has 0 aromatic carbocycles. The van der Waals surface area contributed by atoms with Gasteiger partial charge in [-0.05, 0) is 30.7 Å². The lowest BCUT2D eigenvalue weighted by Gasteiger charge is -2.41. The predicted octanol–water partition coefficient (Wildman–Crippen LogP) is 2.04. The Morgan fingerprint density at radius 1 is 1.36 bits per heavy atom. The van der Waals surface area contributed by atoms with E-state index in [1.165, 1.54) is 0 Å². The lowest BCUT2D eigenvalue weighted by Crippen LogP contribution is -2.53. The van der Waals surface area contributed by atoms with Gasteiger partial charge in [-0.25, -0.2) is 0 Å². The van der Waals surface area contributed by atoms with Gasteiger partial charge < -0.3 is 14.1 Å². The average Bonchev–Trinajstić information content (AvgIpc) is 3.31. The number of likely N-dealkylation sites (tertiary alicyclic amines) is 2. The molecule has 6 heteroatoms. The summed E-state index contributed by atoms with van der Waals surface area (Å²) in [5, 5.41) is 0. The Labute approximate surface area is 147 Å². The molecule has 0 bridgehead atoms. The molecule has 0 saturated carbocycles. The standard InChI is InChI=1S/C19H23N3O3/c1-24-18-6-8-22(19(23)14-4-2-7-20-10-14)17-13-21(12-16(17)18)11-15-5-3-9-25-15/h2-5,7,9-10,16-18H,6,8,11-13H2,1H3/t16-,17+,18-/m1/s1. The third-order valence-corrected chi connectivity index (χ3v) is 5.37. The van der Waals surface area contributed by atoms with Gasteiger partial charge in [-0.2, -0.15) is 0 Å². The molecule has 6 nitrogen and oxygen atoms in total. The highest BCUT2D eigenvalue weighted by Gasteiger charge is 2.46. The Kier molecular flexibility index (Phi) is 4.55. The van der Waals surface area contributed by atoms with Crippen LogP contribution in [0.2, 0.25) is 0 Å². The summed E-state index contributed by atoms with van der Waals surface area (Å²) in [6.07, 6.45) is 6.11. The first kappa shape index (κ1) is 16.3. The van der Waals surface area contributed by atoms with E-state index in [9.17, 15) is 4.79 Å². The quantitative estimate of drug-likeness (QED) is 0.852. The fraction of sp³-hybridized carbons (Fsp3) is 0.474. The van der Waals surface area contributed by atoms with Gasteiger partial charge in [0.25, 0.3) is 5.91 Å². The molecule has 0 spiro atoms. The van der Waals surface area contributed by atoms with E-state index in [-0.39, 0.29) is 18.1 Å². The molecule has 2 saturated heterocycles. The van der Waals surface area contributed by atoms with Crippen LogP contribution in [0.15, 0.2) is 47.3 Å². The second-order valence-corrected chi connectivity index (χ2v) is 6.81. The molecule has 2 fully saturated rings. The Morgan fingerprint density at radius 3 is 3.00 bits per heavy atom. The van der Waals surface area contributed by atoms with Gasteiger partial charge in [0.05, 0.1) is 30.5 Å². The summed E-state index contributed by atoms with van der Waals surface area (Å²) in [5.74, 6) is 1.35. The summed E-state index contributed by atoms with van der Waals surface area (Å²) < 4.78 is 11.2. The summed E-state index contributed by atoms with van der Waals surface area (Å²) in [5.41, 5.74) is 0.654. The number of pyridine rings is 1. The molecule has 4 rings (SSSR count). The van der Waals surface area contributed by atoms with Crippen molar-refractivity contribution < 1.29 is 13.9 Å². The van der Waals surface area contributed by atoms with E-state index >= 15 is 0 Å². The molecule has 1 amide bonds. The number of carbonyl (C=O) groups excluding carboxylic acids is 1. The minimum absolute atomic E-state index is 0.0671. The number of amides is 1. The normalized spacial score (nSPS) is 26.6. The number of ether oxygens (including phenoxy) is 1. The molecule has 0 aliphatic carbocycles. The van der Waals surface area contributed by atoms with Crippen LogP contribution in [0.4, 0.5) is 0 Å². The smallest absolute Gasteiger partial charge is 0.255 e. The van der Waals surface area contributed by atoms with Crippen LogP contribution in [0.25, 0.3) is 0 Å². The second kappa shape index (κ2) is 6.98. The summed E-state index contributed by atoms with van der Waals surface area (Å²) in [6.45, 7) is 3.26. The van der Waals surface area contributed by atoms with Crippen molar-refractivity contribution in [1.82, 2.24) is 14.8 Å². The molecule has 0 N–H and O–H groups in total. The van der Waals surface area contributed by atoms with Crippen LogP contribution in [-0.2, 0) is 11.3 Å². The number of furan rings is 1. The molecule has 0 radical (unpaired) electrons. The zero-order valence-corrected chi connectivity index (χ0v) is 14.4. The van der Waals surface area contributed by atoms with Gasteiger partial charge in [0.1, 0.15) is 5.76 Å². The average molecular weight is 341 g/mol. The van der Waals surface area contributed by atoms with Gasteiger partial charge in [0, 0.05) is 45.1 Å². The number of fused-ring (bicyclic) bond motifs is 1. The zero-order valence-electron chi connectivity index (χ0n) is 14.4. The maximum Gasteiger partial charge on any atom is 0.255 e. The number of hydrogen-bond acceptors (Lipinski definition) is 5. The topological polar surface area (TPSA) is 58.8 Å². The van der Waals surface area contributed by atoms with Crippen molar-refractivity contribution in [3.63, 3.8) is 0 Å². The number of piperidine rings is 1. The lowest BCUT2D eigenvalue weighted by molar-refractivity contribution is -0.0157. The SMILES string of the molecule is CO[C@@H]1CCN(C(=O)c2cccnc2)[C@H]2CN(Cc3ccco3)C[C@@H]12. The fourth-order valence-corrected chi connectivity index (χ4v) is 4.19. The van der Waals surface area contributed by atoms with E-state index < -0.39 is 0 Å². The summed E-state index contributed by atoms with van der Waals surface area (Å²) in [7, 11) is 1.77. The highest BCUT2D eigenvalue weighted by Crippen LogP contribution is 2.34. The maximum atomic E-state index is 13.0. The highest BCUT2D eigenvalue weighted by molar-refractivity contribution is 5.94. The summed E-state index contributed by atoms with van der Waals surface area (Å²) in [4.78, 5) is 21.4. The van der Waals surface area contributed by atoms with Crippen LogP contribution >= 0.6 is 0 Å². The van der Waals surface area contributed by atoms with E-state index in [2.05, 4.69) is 9.88 Å². The molecule has 2 aliphatic heterocycles. The molecule has 2 aromatic rings. The first-order valence-electron chi connectivity index (χ1n) is 8.75. The van der Waals surface area contributed by atoms with Crippen molar-refractivity contribution in [2.24, 2.45) is 5.92 Å². The molecule has 4 heterocycles.